The van der Waals surface area contributed by atoms with Crippen LogP contribution in [-0.2, 0) is 9.47 Å². The summed E-state index contributed by atoms with van der Waals surface area (Å²) in [6.07, 6.45) is 1.63. The molecule has 1 aromatic carbocycles. The van der Waals surface area contributed by atoms with Crippen molar-refractivity contribution in [2.24, 2.45) is 4.99 Å². The number of benzene rings is 1. The third-order valence-electron chi connectivity index (χ3n) is 2.70. The van der Waals surface area contributed by atoms with Gasteiger partial charge in [0.05, 0.1) is 30.8 Å². The SMILES string of the molecule is COCCOc1cc(C#N)c(/N=C\N(C)C)cc1OCCOC. The Morgan fingerprint density at radius 3 is 2.09 bits per heavy atom. The Morgan fingerprint density at radius 1 is 1.04 bits per heavy atom. The number of ether oxygens (including phenoxy) is 4. The number of methoxy groups -OCH3 is 2. The lowest BCUT2D eigenvalue weighted by Crippen LogP contribution is -2.09. The molecule has 0 aliphatic heterocycles. The van der Waals surface area contributed by atoms with E-state index in [9.17, 15) is 5.26 Å². The highest BCUT2D eigenvalue weighted by atomic mass is 16.5. The maximum Gasteiger partial charge on any atom is 0.163 e. The van der Waals surface area contributed by atoms with Crippen molar-refractivity contribution >= 4 is 12.0 Å². The van der Waals surface area contributed by atoms with Gasteiger partial charge in [-0.1, -0.05) is 0 Å². The van der Waals surface area contributed by atoms with Gasteiger partial charge >= 0.3 is 0 Å². The van der Waals surface area contributed by atoms with Crippen LogP contribution >= 0.6 is 0 Å². The summed E-state index contributed by atoms with van der Waals surface area (Å²) in [6.45, 7) is 1.63. The first-order chi connectivity index (χ1) is 11.1. The molecular formula is C16H23N3O4. The molecule has 0 heterocycles. The van der Waals surface area contributed by atoms with E-state index in [1.807, 2.05) is 14.1 Å². The molecule has 0 bridgehead atoms. The highest BCUT2D eigenvalue weighted by Crippen LogP contribution is 2.35. The molecule has 0 aliphatic rings. The van der Waals surface area contributed by atoms with Gasteiger partial charge in [-0.05, 0) is 0 Å². The average molecular weight is 321 g/mol. The van der Waals surface area contributed by atoms with Crippen molar-refractivity contribution in [3.8, 4) is 17.6 Å². The first kappa shape index (κ1) is 18.7. The van der Waals surface area contributed by atoms with Crippen molar-refractivity contribution in [3.05, 3.63) is 17.7 Å². The van der Waals surface area contributed by atoms with Gasteiger partial charge in [0.25, 0.3) is 0 Å². The molecule has 0 atom stereocenters. The van der Waals surface area contributed by atoms with Crippen molar-refractivity contribution in [1.82, 2.24) is 4.90 Å². The molecule has 7 nitrogen and oxygen atoms in total. The van der Waals surface area contributed by atoms with Crippen LogP contribution in [0.15, 0.2) is 17.1 Å². The lowest BCUT2D eigenvalue weighted by atomic mass is 10.1. The van der Waals surface area contributed by atoms with Crippen molar-refractivity contribution in [3.63, 3.8) is 0 Å². The van der Waals surface area contributed by atoms with E-state index in [1.54, 1.807) is 37.6 Å². The minimum absolute atomic E-state index is 0.363. The Labute approximate surface area is 137 Å². The van der Waals surface area contributed by atoms with Crippen molar-refractivity contribution < 1.29 is 18.9 Å². The molecular weight excluding hydrogens is 298 g/mol. The summed E-state index contributed by atoms with van der Waals surface area (Å²) in [5.74, 6) is 1.00. The summed E-state index contributed by atoms with van der Waals surface area (Å²) in [5, 5.41) is 9.31. The minimum Gasteiger partial charge on any atom is -0.487 e. The van der Waals surface area contributed by atoms with E-state index in [0.717, 1.165) is 0 Å². The van der Waals surface area contributed by atoms with Gasteiger partial charge in [0, 0.05) is 40.4 Å². The lowest BCUT2D eigenvalue weighted by molar-refractivity contribution is 0.132. The molecule has 7 heteroatoms. The van der Waals surface area contributed by atoms with Crippen LogP contribution < -0.4 is 9.47 Å². The topological polar surface area (TPSA) is 76.3 Å². The van der Waals surface area contributed by atoms with Crippen molar-refractivity contribution in [2.45, 2.75) is 0 Å². The number of hydrogen-bond acceptors (Lipinski definition) is 6. The van der Waals surface area contributed by atoms with Gasteiger partial charge in [-0.25, -0.2) is 4.99 Å². The molecule has 0 saturated heterocycles. The van der Waals surface area contributed by atoms with E-state index in [0.29, 0.717) is 49.2 Å². The zero-order valence-electron chi connectivity index (χ0n) is 14.0. The van der Waals surface area contributed by atoms with Crippen LogP contribution in [0.3, 0.4) is 0 Å². The zero-order valence-corrected chi connectivity index (χ0v) is 14.0. The third kappa shape index (κ3) is 6.55. The second-order valence-corrected chi connectivity index (χ2v) is 4.82. The number of aliphatic imine (C=N–C) groups is 1. The maximum absolute atomic E-state index is 9.31. The minimum atomic E-state index is 0.363. The Balaban J connectivity index is 3.08. The Bertz CT molecular complexity index is 553. The number of rotatable bonds is 10. The van der Waals surface area contributed by atoms with Crippen LogP contribution in [0.25, 0.3) is 0 Å². The summed E-state index contributed by atoms with van der Waals surface area (Å²) < 4.78 is 21.2. The van der Waals surface area contributed by atoms with E-state index in [2.05, 4.69) is 11.1 Å². The first-order valence-electron chi connectivity index (χ1n) is 7.14. The second kappa shape index (κ2) is 10.4. The maximum atomic E-state index is 9.31. The average Bonchev–Trinajstić information content (AvgIpc) is 2.54. The van der Waals surface area contributed by atoms with Crippen LogP contribution in [-0.4, -0.2) is 66.0 Å². The Kier molecular flexibility index (Phi) is 8.50. The molecule has 0 radical (unpaired) electrons. The Morgan fingerprint density at radius 2 is 1.61 bits per heavy atom. The molecule has 23 heavy (non-hydrogen) atoms. The fourth-order valence-electron chi connectivity index (χ4n) is 1.62. The highest BCUT2D eigenvalue weighted by molar-refractivity contribution is 5.68. The number of nitriles is 1. The predicted molar refractivity (Wildman–Crippen MR) is 87.7 cm³/mol. The summed E-state index contributed by atoms with van der Waals surface area (Å²) in [6, 6.07) is 5.44. The Hall–Kier alpha value is -2.30. The zero-order chi connectivity index (χ0) is 17.1. The van der Waals surface area contributed by atoms with Crippen molar-refractivity contribution in [2.75, 3.05) is 54.7 Å². The summed E-state index contributed by atoms with van der Waals surface area (Å²) >= 11 is 0. The molecule has 1 aromatic rings. The molecule has 0 aromatic heterocycles. The number of hydrogen-bond donors (Lipinski definition) is 0. The monoisotopic (exact) mass is 321 g/mol. The fourth-order valence-corrected chi connectivity index (χ4v) is 1.62. The van der Waals surface area contributed by atoms with E-state index >= 15 is 0 Å². The van der Waals surface area contributed by atoms with Crippen LogP contribution in [0, 0.1) is 11.3 Å². The van der Waals surface area contributed by atoms with Crippen LogP contribution in [0.4, 0.5) is 5.69 Å². The first-order valence-corrected chi connectivity index (χ1v) is 7.14. The molecule has 0 aliphatic carbocycles. The molecule has 126 valence electrons. The highest BCUT2D eigenvalue weighted by Gasteiger charge is 2.12. The van der Waals surface area contributed by atoms with Gasteiger partial charge in [0.1, 0.15) is 19.3 Å². The van der Waals surface area contributed by atoms with Gasteiger partial charge in [0.2, 0.25) is 0 Å². The molecule has 0 fully saturated rings. The molecule has 0 unspecified atom stereocenters. The predicted octanol–water partition coefficient (Wildman–Crippen LogP) is 1.83. The molecule has 0 amide bonds. The molecule has 0 spiro atoms. The summed E-state index contributed by atoms with van der Waals surface area (Å²) in [4.78, 5) is 6.08. The third-order valence-corrected chi connectivity index (χ3v) is 2.70. The van der Waals surface area contributed by atoms with Gasteiger partial charge in [-0.15, -0.1) is 0 Å². The van der Waals surface area contributed by atoms with Crippen LogP contribution in [0.1, 0.15) is 5.56 Å². The van der Waals surface area contributed by atoms with E-state index < -0.39 is 0 Å². The van der Waals surface area contributed by atoms with Gasteiger partial charge in [-0.2, -0.15) is 5.26 Å². The summed E-state index contributed by atoms with van der Waals surface area (Å²) in [5.41, 5.74) is 0.933. The van der Waals surface area contributed by atoms with Gasteiger partial charge in [0.15, 0.2) is 11.5 Å². The molecule has 1 rings (SSSR count). The number of nitrogens with zero attached hydrogens (tertiary/aromatic N) is 3. The largest absolute Gasteiger partial charge is 0.487 e. The van der Waals surface area contributed by atoms with E-state index in [4.69, 9.17) is 18.9 Å². The molecule has 0 saturated carbocycles. The quantitative estimate of drug-likeness (QED) is 0.372. The van der Waals surface area contributed by atoms with Gasteiger partial charge in [-0.3, -0.25) is 0 Å². The van der Waals surface area contributed by atoms with Crippen molar-refractivity contribution in [1.29, 1.82) is 5.26 Å². The fraction of sp³-hybridized carbons (Fsp3) is 0.500. The van der Waals surface area contributed by atoms with Crippen LogP contribution in [0.5, 0.6) is 11.5 Å². The van der Waals surface area contributed by atoms with E-state index in [-0.39, 0.29) is 0 Å². The molecule has 0 N–H and O–H groups in total. The van der Waals surface area contributed by atoms with Gasteiger partial charge < -0.3 is 23.8 Å². The normalized spacial score (nSPS) is 10.6. The second-order valence-electron chi connectivity index (χ2n) is 4.82. The van der Waals surface area contributed by atoms with E-state index in [1.165, 1.54) is 0 Å². The standard InChI is InChI=1S/C16H23N3O4/c1-19(2)12-18-14-10-16(23-8-6-21-4)15(9-13(14)11-17)22-7-5-20-3/h9-10,12H,5-8H2,1-4H3/b18-12-. The lowest BCUT2D eigenvalue weighted by Gasteiger charge is -2.14. The van der Waals surface area contributed by atoms with Crippen LogP contribution in [0.2, 0.25) is 0 Å². The summed E-state index contributed by atoms with van der Waals surface area (Å²) in [7, 11) is 6.91. The smallest absolute Gasteiger partial charge is 0.163 e.